The number of hydrogen-bond donors (Lipinski definition) is 2. The van der Waals surface area contributed by atoms with Gasteiger partial charge in [0, 0.05) is 10.0 Å². The van der Waals surface area contributed by atoms with Crippen LogP contribution in [0, 0.1) is 0 Å². The van der Waals surface area contributed by atoms with Crippen LogP contribution in [-0.2, 0) is 4.79 Å². The molecule has 0 fully saturated rings. The van der Waals surface area contributed by atoms with Crippen LogP contribution in [0.15, 0.2) is 22.7 Å². The Balaban J connectivity index is 3.01. The van der Waals surface area contributed by atoms with Crippen LogP contribution in [0.5, 0.6) is 5.75 Å². The first-order valence-electron chi connectivity index (χ1n) is 5.39. The second-order valence-corrected chi connectivity index (χ2v) is 4.69. The van der Waals surface area contributed by atoms with Crippen molar-refractivity contribution in [3.63, 3.8) is 0 Å². The SMILES string of the molecule is CCC(Oc1ccc(Br)cc1[C@@H](C)O)C(N)=O. The van der Waals surface area contributed by atoms with E-state index in [9.17, 15) is 9.90 Å². The topological polar surface area (TPSA) is 72.6 Å². The van der Waals surface area contributed by atoms with Gasteiger partial charge in [-0.15, -0.1) is 0 Å². The fourth-order valence-corrected chi connectivity index (χ4v) is 1.83. The van der Waals surface area contributed by atoms with Crippen molar-refractivity contribution >= 4 is 21.8 Å². The molecular formula is C12H16BrNO3. The lowest BCUT2D eigenvalue weighted by molar-refractivity contribution is -0.124. The van der Waals surface area contributed by atoms with Gasteiger partial charge in [0.25, 0.3) is 5.91 Å². The van der Waals surface area contributed by atoms with E-state index in [1.807, 2.05) is 6.92 Å². The molecule has 94 valence electrons. The lowest BCUT2D eigenvalue weighted by Gasteiger charge is -2.18. The highest BCUT2D eigenvalue weighted by atomic mass is 79.9. The van der Waals surface area contributed by atoms with E-state index in [1.54, 1.807) is 25.1 Å². The molecule has 0 heterocycles. The van der Waals surface area contributed by atoms with E-state index in [4.69, 9.17) is 10.5 Å². The van der Waals surface area contributed by atoms with E-state index in [2.05, 4.69) is 15.9 Å². The molecule has 0 spiro atoms. The molecule has 2 atom stereocenters. The number of aliphatic hydroxyl groups is 1. The molecule has 0 aliphatic rings. The zero-order chi connectivity index (χ0) is 13.0. The Kier molecular flexibility index (Phi) is 4.96. The number of ether oxygens (including phenoxy) is 1. The average Bonchev–Trinajstić information content (AvgIpc) is 2.26. The van der Waals surface area contributed by atoms with Gasteiger partial charge in [0.1, 0.15) is 5.75 Å². The van der Waals surface area contributed by atoms with Gasteiger partial charge >= 0.3 is 0 Å². The van der Waals surface area contributed by atoms with Crippen molar-refractivity contribution in [1.82, 2.24) is 0 Å². The Labute approximate surface area is 109 Å². The number of halogens is 1. The second-order valence-electron chi connectivity index (χ2n) is 3.78. The van der Waals surface area contributed by atoms with E-state index in [0.717, 1.165) is 4.47 Å². The van der Waals surface area contributed by atoms with Gasteiger partial charge in [-0.1, -0.05) is 22.9 Å². The molecule has 5 heteroatoms. The fraction of sp³-hybridized carbons (Fsp3) is 0.417. The number of carbonyl (C=O) groups is 1. The molecule has 1 unspecified atom stereocenters. The summed E-state index contributed by atoms with van der Waals surface area (Å²) in [5, 5.41) is 9.64. The number of hydrogen-bond acceptors (Lipinski definition) is 3. The van der Waals surface area contributed by atoms with Crippen LogP contribution in [0.3, 0.4) is 0 Å². The predicted molar refractivity (Wildman–Crippen MR) is 68.7 cm³/mol. The molecule has 17 heavy (non-hydrogen) atoms. The Morgan fingerprint density at radius 3 is 2.71 bits per heavy atom. The molecule has 0 aliphatic carbocycles. The highest BCUT2D eigenvalue weighted by Crippen LogP contribution is 2.29. The molecular weight excluding hydrogens is 286 g/mol. The summed E-state index contributed by atoms with van der Waals surface area (Å²) in [4.78, 5) is 11.1. The molecule has 3 N–H and O–H groups in total. The smallest absolute Gasteiger partial charge is 0.258 e. The van der Waals surface area contributed by atoms with E-state index in [0.29, 0.717) is 17.7 Å². The second kappa shape index (κ2) is 6.02. The number of primary amides is 1. The van der Waals surface area contributed by atoms with Crippen molar-refractivity contribution in [1.29, 1.82) is 0 Å². The molecule has 0 bridgehead atoms. The highest BCUT2D eigenvalue weighted by Gasteiger charge is 2.18. The average molecular weight is 302 g/mol. The highest BCUT2D eigenvalue weighted by molar-refractivity contribution is 9.10. The third-order valence-corrected chi connectivity index (χ3v) is 2.87. The Hall–Kier alpha value is -1.07. The summed E-state index contributed by atoms with van der Waals surface area (Å²) in [7, 11) is 0. The van der Waals surface area contributed by atoms with Gasteiger partial charge in [-0.05, 0) is 31.5 Å². The number of aliphatic hydroxyl groups excluding tert-OH is 1. The van der Waals surface area contributed by atoms with E-state index in [-0.39, 0.29) is 0 Å². The quantitative estimate of drug-likeness (QED) is 0.875. The predicted octanol–water partition coefficient (Wildman–Crippen LogP) is 2.15. The summed E-state index contributed by atoms with van der Waals surface area (Å²) in [5.74, 6) is -0.0270. The van der Waals surface area contributed by atoms with Crippen LogP contribution >= 0.6 is 15.9 Å². The summed E-state index contributed by atoms with van der Waals surface area (Å²) >= 11 is 3.32. The van der Waals surface area contributed by atoms with Crippen molar-refractivity contribution in [3.05, 3.63) is 28.2 Å². The minimum absolute atomic E-state index is 0.480. The van der Waals surface area contributed by atoms with Crippen molar-refractivity contribution in [2.75, 3.05) is 0 Å². The Bertz CT molecular complexity index is 407. The monoisotopic (exact) mass is 301 g/mol. The van der Waals surface area contributed by atoms with Crippen LogP contribution < -0.4 is 10.5 Å². The largest absolute Gasteiger partial charge is 0.480 e. The first kappa shape index (κ1) is 14.0. The van der Waals surface area contributed by atoms with Gasteiger partial charge in [-0.2, -0.15) is 0 Å². The zero-order valence-electron chi connectivity index (χ0n) is 9.81. The maximum atomic E-state index is 11.1. The summed E-state index contributed by atoms with van der Waals surface area (Å²) in [5.41, 5.74) is 5.84. The van der Waals surface area contributed by atoms with Gasteiger partial charge in [0.2, 0.25) is 0 Å². The van der Waals surface area contributed by atoms with Gasteiger partial charge in [0.15, 0.2) is 6.10 Å². The van der Waals surface area contributed by atoms with Gasteiger partial charge < -0.3 is 15.6 Å². The van der Waals surface area contributed by atoms with Crippen LogP contribution in [0.4, 0.5) is 0 Å². The molecule has 0 aliphatic heterocycles. The van der Waals surface area contributed by atoms with Gasteiger partial charge in [-0.25, -0.2) is 0 Å². The number of carbonyl (C=O) groups excluding carboxylic acids is 1. The third kappa shape index (κ3) is 3.71. The van der Waals surface area contributed by atoms with Crippen LogP contribution in [0.1, 0.15) is 31.9 Å². The minimum atomic E-state index is -0.673. The number of amides is 1. The standard InChI is InChI=1S/C12H16BrNO3/c1-3-10(12(14)16)17-11-5-4-8(13)6-9(11)7(2)15/h4-7,10,15H,3H2,1-2H3,(H2,14,16)/t7-,10?/m1/s1. The van der Waals surface area contributed by atoms with Crippen molar-refractivity contribution in [3.8, 4) is 5.75 Å². The normalized spacial score (nSPS) is 14.1. The lowest BCUT2D eigenvalue weighted by Crippen LogP contribution is -2.33. The van der Waals surface area contributed by atoms with Crippen molar-refractivity contribution < 1.29 is 14.6 Å². The van der Waals surface area contributed by atoms with Crippen LogP contribution in [0.2, 0.25) is 0 Å². The van der Waals surface area contributed by atoms with Crippen LogP contribution in [0.25, 0.3) is 0 Å². The maximum absolute atomic E-state index is 11.1. The molecule has 0 saturated carbocycles. The third-order valence-electron chi connectivity index (χ3n) is 2.38. The zero-order valence-corrected chi connectivity index (χ0v) is 11.4. The summed E-state index contributed by atoms with van der Waals surface area (Å²) in [6.07, 6.45) is -0.855. The molecule has 4 nitrogen and oxygen atoms in total. The molecule has 0 radical (unpaired) electrons. The van der Waals surface area contributed by atoms with Gasteiger partial charge in [-0.3, -0.25) is 4.79 Å². The molecule has 1 amide bonds. The fourth-order valence-electron chi connectivity index (χ4n) is 1.45. The number of nitrogens with two attached hydrogens (primary N) is 1. The molecule has 0 aromatic heterocycles. The first-order chi connectivity index (χ1) is 7.95. The van der Waals surface area contributed by atoms with Crippen molar-refractivity contribution in [2.24, 2.45) is 5.73 Å². The first-order valence-corrected chi connectivity index (χ1v) is 6.18. The number of rotatable bonds is 5. The lowest BCUT2D eigenvalue weighted by atomic mass is 10.1. The van der Waals surface area contributed by atoms with Crippen molar-refractivity contribution in [2.45, 2.75) is 32.5 Å². The Morgan fingerprint density at radius 2 is 2.24 bits per heavy atom. The maximum Gasteiger partial charge on any atom is 0.258 e. The molecule has 0 saturated heterocycles. The van der Waals surface area contributed by atoms with Gasteiger partial charge in [0.05, 0.1) is 6.10 Å². The summed E-state index contributed by atoms with van der Waals surface area (Å²) < 4.78 is 6.36. The minimum Gasteiger partial charge on any atom is -0.480 e. The summed E-state index contributed by atoms with van der Waals surface area (Å²) in [6.45, 7) is 3.45. The molecule has 1 aromatic rings. The summed E-state index contributed by atoms with van der Waals surface area (Å²) in [6, 6.07) is 5.25. The van der Waals surface area contributed by atoms with Crippen LogP contribution in [-0.4, -0.2) is 17.1 Å². The molecule has 1 aromatic carbocycles. The molecule has 1 rings (SSSR count). The van der Waals surface area contributed by atoms with E-state index < -0.39 is 18.1 Å². The Morgan fingerprint density at radius 1 is 1.59 bits per heavy atom. The number of benzene rings is 1. The van der Waals surface area contributed by atoms with E-state index >= 15 is 0 Å². The van der Waals surface area contributed by atoms with E-state index in [1.165, 1.54) is 0 Å².